The fourth-order valence-corrected chi connectivity index (χ4v) is 1.76. The molecule has 1 aromatic carbocycles. The van der Waals surface area contributed by atoms with Crippen molar-refractivity contribution in [2.45, 2.75) is 0 Å². The molecule has 1 aromatic rings. The van der Waals surface area contributed by atoms with E-state index in [0.717, 1.165) is 0 Å². The number of carbonyl (C=O) groups is 1. The molecule has 0 unspecified atom stereocenters. The van der Waals surface area contributed by atoms with Crippen LogP contribution in [0.4, 0.5) is 0 Å². The van der Waals surface area contributed by atoms with Gasteiger partial charge in [-0.25, -0.2) is 4.79 Å². The van der Waals surface area contributed by atoms with E-state index in [4.69, 9.17) is 0 Å². The first-order chi connectivity index (χ1) is 7.01. The van der Waals surface area contributed by atoms with Crippen LogP contribution in [-0.4, -0.2) is 30.0 Å². The second-order valence-electron chi connectivity index (χ2n) is 2.77. The maximum atomic E-state index is 11.1. The molecule has 0 aliphatic carbocycles. The SMILES string of the molecule is COC(=O)c1ccc([P+](O)(O)OC)cc1. The molecule has 0 atom stereocenters. The largest absolute Gasteiger partial charge is 0.465 e. The summed E-state index contributed by atoms with van der Waals surface area (Å²) in [5.74, 6) is -0.473. The molecule has 0 radical (unpaired) electrons. The number of hydrogen-bond acceptors (Lipinski definition) is 5. The summed E-state index contributed by atoms with van der Waals surface area (Å²) in [5.41, 5.74) is 0.345. The van der Waals surface area contributed by atoms with Crippen LogP contribution >= 0.6 is 7.94 Å². The van der Waals surface area contributed by atoms with Gasteiger partial charge in [0, 0.05) is 0 Å². The van der Waals surface area contributed by atoms with Crippen LogP contribution in [0, 0.1) is 0 Å². The van der Waals surface area contributed by atoms with E-state index in [2.05, 4.69) is 9.26 Å². The highest BCUT2D eigenvalue weighted by Crippen LogP contribution is 2.48. The highest BCUT2D eigenvalue weighted by Gasteiger charge is 2.37. The third kappa shape index (κ3) is 2.73. The third-order valence-electron chi connectivity index (χ3n) is 1.88. The Labute approximate surface area is 87.8 Å². The normalized spacial score (nSPS) is 11.2. The van der Waals surface area contributed by atoms with Gasteiger partial charge in [-0.15, -0.1) is 0 Å². The van der Waals surface area contributed by atoms with Crippen LogP contribution in [0.25, 0.3) is 0 Å². The van der Waals surface area contributed by atoms with Crippen molar-refractivity contribution in [1.29, 1.82) is 0 Å². The molecule has 2 N–H and O–H groups in total. The van der Waals surface area contributed by atoms with Crippen LogP contribution in [0.15, 0.2) is 24.3 Å². The molecule has 15 heavy (non-hydrogen) atoms. The van der Waals surface area contributed by atoms with E-state index in [0.29, 0.717) is 5.56 Å². The van der Waals surface area contributed by atoms with Crippen molar-refractivity contribution in [2.24, 2.45) is 0 Å². The van der Waals surface area contributed by atoms with Gasteiger partial charge < -0.3 is 4.74 Å². The minimum absolute atomic E-state index is 0.248. The molecular formula is C9H12O5P+. The third-order valence-corrected chi connectivity index (χ3v) is 3.36. The molecule has 5 nitrogen and oxygen atoms in total. The Hall–Kier alpha value is -1.00. The van der Waals surface area contributed by atoms with E-state index in [1.54, 1.807) is 0 Å². The lowest BCUT2D eigenvalue weighted by atomic mass is 10.2. The average molecular weight is 231 g/mol. The second kappa shape index (κ2) is 4.68. The lowest BCUT2D eigenvalue weighted by Gasteiger charge is -2.07. The van der Waals surface area contributed by atoms with Gasteiger partial charge in [-0.1, -0.05) is 0 Å². The fourth-order valence-electron chi connectivity index (χ4n) is 1.01. The smallest absolute Gasteiger partial charge is 0.443 e. The van der Waals surface area contributed by atoms with Gasteiger partial charge in [0.05, 0.1) is 19.8 Å². The Bertz CT molecular complexity index is 346. The summed E-state index contributed by atoms with van der Waals surface area (Å²) in [5, 5.41) is 0.248. The molecule has 0 saturated carbocycles. The van der Waals surface area contributed by atoms with Crippen molar-refractivity contribution in [3.63, 3.8) is 0 Å². The summed E-state index contributed by atoms with van der Waals surface area (Å²) in [6.07, 6.45) is 0. The van der Waals surface area contributed by atoms with Crippen LogP contribution < -0.4 is 5.30 Å². The molecular weight excluding hydrogens is 219 g/mol. The van der Waals surface area contributed by atoms with Crippen molar-refractivity contribution < 1.29 is 23.8 Å². The zero-order valence-electron chi connectivity index (χ0n) is 8.38. The highest BCUT2D eigenvalue weighted by molar-refractivity contribution is 7.67. The highest BCUT2D eigenvalue weighted by atomic mass is 31.2. The van der Waals surface area contributed by atoms with E-state index in [1.165, 1.54) is 38.5 Å². The molecule has 6 heteroatoms. The number of methoxy groups -OCH3 is 1. The van der Waals surface area contributed by atoms with Crippen molar-refractivity contribution in [3.05, 3.63) is 29.8 Å². The van der Waals surface area contributed by atoms with Gasteiger partial charge in [0.1, 0.15) is 0 Å². The van der Waals surface area contributed by atoms with Crippen molar-refractivity contribution in [1.82, 2.24) is 0 Å². The molecule has 0 saturated heterocycles. The van der Waals surface area contributed by atoms with E-state index < -0.39 is 13.9 Å². The van der Waals surface area contributed by atoms with Crippen LogP contribution in [0.3, 0.4) is 0 Å². The van der Waals surface area contributed by atoms with Gasteiger partial charge in [0.25, 0.3) is 0 Å². The van der Waals surface area contributed by atoms with E-state index in [-0.39, 0.29) is 5.30 Å². The van der Waals surface area contributed by atoms with E-state index in [9.17, 15) is 14.6 Å². The summed E-state index contributed by atoms with van der Waals surface area (Å²) in [6, 6.07) is 5.73. The molecule has 82 valence electrons. The standard InChI is InChI=1S/C9H12O5P/c1-13-9(10)7-3-5-8(6-4-7)15(11,12)14-2/h3-6,11-12H,1-2H3/q+1. The topological polar surface area (TPSA) is 76.0 Å². The van der Waals surface area contributed by atoms with E-state index >= 15 is 0 Å². The molecule has 0 bridgehead atoms. The zero-order chi connectivity index (χ0) is 11.5. The Balaban J connectivity index is 2.95. The predicted molar refractivity (Wildman–Crippen MR) is 55.8 cm³/mol. The maximum absolute atomic E-state index is 11.1. The van der Waals surface area contributed by atoms with Gasteiger partial charge in [-0.3, -0.25) is 0 Å². The molecule has 0 aromatic heterocycles. The summed E-state index contributed by atoms with van der Waals surface area (Å²) in [4.78, 5) is 29.9. The number of rotatable bonds is 3. The molecule has 0 aliphatic rings. The molecule has 0 fully saturated rings. The summed E-state index contributed by atoms with van der Waals surface area (Å²) in [7, 11) is -0.998. The average Bonchev–Trinajstić information content (AvgIpc) is 2.28. The second-order valence-corrected chi connectivity index (χ2v) is 4.73. The quantitative estimate of drug-likeness (QED) is 0.585. The van der Waals surface area contributed by atoms with Crippen LogP contribution in [-0.2, 0) is 9.26 Å². The first kappa shape index (κ1) is 12.1. The molecule has 0 heterocycles. The van der Waals surface area contributed by atoms with Gasteiger partial charge in [-0.05, 0) is 24.3 Å². The van der Waals surface area contributed by atoms with E-state index in [1.807, 2.05) is 0 Å². The van der Waals surface area contributed by atoms with Gasteiger partial charge >= 0.3 is 13.9 Å². The van der Waals surface area contributed by atoms with Crippen molar-refractivity contribution in [3.8, 4) is 0 Å². The number of ether oxygens (including phenoxy) is 1. The number of esters is 1. The molecule has 0 spiro atoms. The minimum Gasteiger partial charge on any atom is -0.465 e. The lowest BCUT2D eigenvalue weighted by molar-refractivity contribution is 0.0600. The first-order valence-electron chi connectivity index (χ1n) is 4.10. The number of carbonyl (C=O) groups excluding carboxylic acids is 1. The van der Waals surface area contributed by atoms with Gasteiger partial charge in [0.2, 0.25) is 0 Å². The lowest BCUT2D eigenvalue weighted by Crippen LogP contribution is -2.12. The summed E-state index contributed by atoms with van der Waals surface area (Å²) in [6.45, 7) is 0. The number of hydrogen-bond donors (Lipinski definition) is 2. The van der Waals surface area contributed by atoms with Crippen molar-refractivity contribution in [2.75, 3.05) is 14.2 Å². The van der Waals surface area contributed by atoms with Crippen molar-refractivity contribution >= 4 is 19.2 Å². The Morgan fingerprint density at radius 3 is 2.13 bits per heavy atom. The minimum atomic E-state index is -3.49. The maximum Gasteiger partial charge on any atom is 0.443 e. The van der Waals surface area contributed by atoms with Crippen LogP contribution in [0.2, 0.25) is 0 Å². The van der Waals surface area contributed by atoms with Gasteiger partial charge in [-0.2, -0.15) is 14.3 Å². The monoisotopic (exact) mass is 231 g/mol. The van der Waals surface area contributed by atoms with Crippen LogP contribution in [0.1, 0.15) is 10.4 Å². The molecule has 0 aliphatic heterocycles. The Morgan fingerprint density at radius 1 is 1.20 bits per heavy atom. The fraction of sp³-hybridized carbons (Fsp3) is 0.222. The Morgan fingerprint density at radius 2 is 1.73 bits per heavy atom. The predicted octanol–water partition coefficient (Wildman–Crippen LogP) is 0.492. The molecule has 0 amide bonds. The first-order valence-corrected chi connectivity index (χ1v) is 5.71. The Kier molecular flexibility index (Phi) is 3.77. The summed E-state index contributed by atoms with van der Waals surface area (Å²) < 4.78 is 9.06. The van der Waals surface area contributed by atoms with Crippen LogP contribution in [0.5, 0.6) is 0 Å². The zero-order valence-corrected chi connectivity index (χ0v) is 9.27. The number of benzene rings is 1. The van der Waals surface area contributed by atoms with Gasteiger partial charge in [0.15, 0.2) is 5.30 Å². The molecule has 1 rings (SSSR count). The summed E-state index contributed by atoms with van der Waals surface area (Å²) >= 11 is 0.